The molecular formula is C12H8BrIOS. The maximum atomic E-state index is 9.39. The van der Waals surface area contributed by atoms with Crippen LogP contribution in [-0.2, 0) is 0 Å². The molecule has 2 aromatic rings. The van der Waals surface area contributed by atoms with E-state index in [1.165, 1.54) is 8.47 Å². The minimum absolute atomic E-state index is 0.270. The molecule has 4 heteroatoms. The molecule has 0 aliphatic heterocycles. The average Bonchev–Trinajstić information content (AvgIpc) is 2.27. The third kappa shape index (κ3) is 3.15. The van der Waals surface area contributed by atoms with Gasteiger partial charge in [-0.05, 0) is 81.0 Å². The van der Waals surface area contributed by atoms with E-state index >= 15 is 0 Å². The van der Waals surface area contributed by atoms with Gasteiger partial charge in [-0.3, -0.25) is 0 Å². The molecule has 0 fully saturated rings. The molecule has 0 spiro atoms. The second-order valence-corrected chi connectivity index (χ2v) is 6.42. The molecule has 82 valence electrons. The fraction of sp³-hybridized carbons (Fsp3) is 0. The van der Waals surface area contributed by atoms with Crippen LogP contribution in [0.15, 0.2) is 56.7 Å². The van der Waals surface area contributed by atoms with Crippen LogP contribution in [0.3, 0.4) is 0 Å². The van der Waals surface area contributed by atoms with Gasteiger partial charge < -0.3 is 5.11 Å². The van der Waals surface area contributed by atoms with Crippen LogP contribution in [0.2, 0.25) is 0 Å². The van der Waals surface area contributed by atoms with Gasteiger partial charge in [-0.25, -0.2) is 0 Å². The first kappa shape index (κ1) is 12.3. The van der Waals surface area contributed by atoms with E-state index in [0.29, 0.717) is 0 Å². The first-order valence-corrected chi connectivity index (χ1v) is 7.26. The monoisotopic (exact) mass is 406 g/mol. The van der Waals surface area contributed by atoms with Crippen molar-refractivity contribution in [3.8, 4) is 5.75 Å². The molecule has 0 radical (unpaired) electrons. The van der Waals surface area contributed by atoms with Crippen molar-refractivity contribution in [2.75, 3.05) is 0 Å². The van der Waals surface area contributed by atoms with Gasteiger partial charge in [0, 0.05) is 13.4 Å². The molecule has 2 aromatic carbocycles. The third-order valence-corrected chi connectivity index (χ3v) is 4.32. The van der Waals surface area contributed by atoms with Crippen LogP contribution >= 0.6 is 50.3 Å². The summed E-state index contributed by atoms with van der Waals surface area (Å²) >= 11 is 7.27. The highest BCUT2D eigenvalue weighted by Gasteiger charge is 2.01. The summed E-state index contributed by atoms with van der Waals surface area (Å²) in [5.74, 6) is 0.270. The predicted octanol–water partition coefficient (Wildman–Crippen LogP) is 4.91. The van der Waals surface area contributed by atoms with Gasteiger partial charge in [-0.1, -0.05) is 11.8 Å². The van der Waals surface area contributed by atoms with Gasteiger partial charge >= 0.3 is 0 Å². The average molecular weight is 407 g/mol. The van der Waals surface area contributed by atoms with Crippen molar-refractivity contribution < 1.29 is 5.11 Å². The van der Waals surface area contributed by atoms with Gasteiger partial charge in [-0.15, -0.1) is 0 Å². The van der Waals surface area contributed by atoms with E-state index in [4.69, 9.17) is 0 Å². The lowest BCUT2D eigenvalue weighted by molar-refractivity contribution is 0.471. The Labute approximate surface area is 121 Å². The standard InChI is InChI=1S/C12H8BrIOS/c13-11-7-10(5-6-12(11)15)16-9-3-1-8(14)2-4-9/h1-7,15H. The van der Waals surface area contributed by atoms with E-state index in [-0.39, 0.29) is 5.75 Å². The topological polar surface area (TPSA) is 20.2 Å². The fourth-order valence-corrected chi connectivity index (χ4v) is 2.94. The Morgan fingerprint density at radius 1 is 1.00 bits per heavy atom. The third-order valence-electron chi connectivity index (χ3n) is 1.97. The first-order chi connectivity index (χ1) is 7.65. The SMILES string of the molecule is Oc1ccc(Sc2ccc(I)cc2)cc1Br. The zero-order valence-corrected chi connectivity index (χ0v) is 12.7. The summed E-state index contributed by atoms with van der Waals surface area (Å²) in [5, 5.41) is 9.39. The molecule has 2 rings (SSSR count). The highest BCUT2D eigenvalue weighted by atomic mass is 127. The number of phenols is 1. The number of phenolic OH excluding ortho intramolecular Hbond substituents is 1. The second-order valence-electron chi connectivity index (χ2n) is 3.17. The summed E-state index contributed by atoms with van der Waals surface area (Å²) in [4.78, 5) is 2.30. The molecule has 0 aromatic heterocycles. The lowest BCUT2D eigenvalue weighted by atomic mass is 10.3. The number of hydrogen-bond acceptors (Lipinski definition) is 2. The number of benzene rings is 2. The van der Waals surface area contributed by atoms with E-state index in [2.05, 4.69) is 62.8 Å². The van der Waals surface area contributed by atoms with E-state index in [0.717, 1.165) is 9.37 Å². The highest BCUT2D eigenvalue weighted by molar-refractivity contribution is 14.1. The summed E-state index contributed by atoms with van der Waals surface area (Å²) in [6.45, 7) is 0. The molecule has 0 aliphatic carbocycles. The lowest BCUT2D eigenvalue weighted by Crippen LogP contribution is -1.76. The molecule has 16 heavy (non-hydrogen) atoms. The van der Waals surface area contributed by atoms with Crippen molar-refractivity contribution in [1.29, 1.82) is 0 Å². The molecule has 0 atom stereocenters. The normalized spacial score (nSPS) is 10.4. The lowest BCUT2D eigenvalue weighted by Gasteiger charge is -2.03. The molecule has 1 N–H and O–H groups in total. The summed E-state index contributed by atoms with van der Waals surface area (Å²) in [6.07, 6.45) is 0. The Bertz CT molecular complexity index is 499. The summed E-state index contributed by atoms with van der Waals surface area (Å²) < 4.78 is 1.96. The van der Waals surface area contributed by atoms with Crippen molar-refractivity contribution in [2.24, 2.45) is 0 Å². The smallest absolute Gasteiger partial charge is 0.129 e. The van der Waals surface area contributed by atoms with Crippen molar-refractivity contribution in [3.05, 3.63) is 50.5 Å². The molecular weight excluding hydrogens is 399 g/mol. The number of halogens is 2. The summed E-state index contributed by atoms with van der Waals surface area (Å²) in [6, 6.07) is 13.9. The van der Waals surface area contributed by atoms with Gasteiger partial charge in [0.15, 0.2) is 0 Å². The van der Waals surface area contributed by atoms with Gasteiger partial charge in [0.1, 0.15) is 5.75 Å². The van der Waals surface area contributed by atoms with E-state index in [9.17, 15) is 5.11 Å². The van der Waals surface area contributed by atoms with Crippen molar-refractivity contribution in [1.82, 2.24) is 0 Å². The van der Waals surface area contributed by atoms with Crippen molar-refractivity contribution in [2.45, 2.75) is 9.79 Å². The van der Waals surface area contributed by atoms with Crippen molar-refractivity contribution in [3.63, 3.8) is 0 Å². The molecule has 0 aliphatic rings. The number of rotatable bonds is 2. The maximum absolute atomic E-state index is 9.39. The minimum Gasteiger partial charge on any atom is -0.507 e. The molecule has 0 saturated carbocycles. The minimum atomic E-state index is 0.270. The second kappa shape index (κ2) is 5.42. The van der Waals surface area contributed by atoms with E-state index < -0.39 is 0 Å². The molecule has 0 heterocycles. The van der Waals surface area contributed by atoms with Gasteiger partial charge in [-0.2, -0.15) is 0 Å². The maximum Gasteiger partial charge on any atom is 0.129 e. The zero-order chi connectivity index (χ0) is 11.5. The van der Waals surface area contributed by atoms with Crippen LogP contribution in [0.4, 0.5) is 0 Å². The summed E-state index contributed by atoms with van der Waals surface area (Å²) in [7, 11) is 0. The summed E-state index contributed by atoms with van der Waals surface area (Å²) in [5.41, 5.74) is 0. The largest absolute Gasteiger partial charge is 0.507 e. The molecule has 0 unspecified atom stereocenters. The molecule has 0 saturated heterocycles. The van der Waals surface area contributed by atoms with E-state index in [1.807, 2.05) is 12.1 Å². The van der Waals surface area contributed by atoms with Gasteiger partial charge in [0.2, 0.25) is 0 Å². The molecule has 0 bridgehead atoms. The van der Waals surface area contributed by atoms with Gasteiger partial charge in [0.05, 0.1) is 4.47 Å². The Morgan fingerprint density at radius 3 is 2.25 bits per heavy atom. The van der Waals surface area contributed by atoms with Crippen LogP contribution < -0.4 is 0 Å². The Hall–Kier alpha value is -0.200. The highest BCUT2D eigenvalue weighted by Crippen LogP contribution is 2.33. The zero-order valence-electron chi connectivity index (χ0n) is 8.15. The fourth-order valence-electron chi connectivity index (χ4n) is 1.19. The van der Waals surface area contributed by atoms with Crippen LogP contribution in [-0.4, -0.2) is 5.11 Å². The van der Waals surface area contributed by atoms with Crippen LogP contribution in [0.5, 0.6) is 5.75 Å². The van der Waals surface area contributed by atoms with Crippen LogP contribution in [0.1, 0.15) is 0 Å². The van der Waals surface area contributed by atoms with Gasteiger partial charge in [0.25, 0.3) is 0 Å². The Morgan fingerprint density at radius 2 is 1.62 bits per heavy atom. The van der Waals surface area contributed by atoms with E-state index in [1.54, 1.807) is 17.8 Å². The predicted molar refractivity (Wildman–Crippen MR) is 79.1 cm³/mol. The molecule has 0 amide bonds. The van der Waals surface area contributed by atoms with Crippen molar-refractivity contribution >= 4 is 50.3 Å². The first-order valence-electron chi connectivity index (χ1n) is 4.57. The number of hydrogen-bond donors (Lipinski definition) is 1. The Kier molecular flexibility index (Phi) is 4.16. The van der Waals surface area contributed by atoms with Crippen LogP contribution in [0, 0.1) is 3.57 Å². The quantitative estimate of drug-likeness (QED) is 0.715. The van der Waals surface area contributed by atoms with Crippen LogP contribution in [0.25, 0.3) is 0 Å². The number of aromatic hydroxyl groups is 1. The molecule has 1 nitrogen and oxygen atoms in total. The Balaban J connectivity index is 2.20.